The molecule has 4 aromatic rings. The van der Waals surface area contributed by atoms with E-state index in [0.717, 1.165) is 48.4 Å². The molecule has 0 radical (unpaired) electrons. The van der Waals surface area contributed by atoms with Gasteiger partial charge in [0.1, 0.15) is 11.1 Å². The number of carbonyl (C=O) groups is 1. The average Bonchev–Trinajstić information content (AvgIpc) is 3.00. The fraction of sp³-hybridized carbons (Fsp3) is 0.457. The number of fused-ring (bicyclic) bond motifs is 1. The zero-order chi connectivity index (χ0) is 33.9. The minimum absolute atomic E-state index is 0.144. The molecule has 0 bridgehead atoms. The third kappa shape index (κ3) is 8.46. The Bertz CT molecular complexity index is 1870. The van der Waals surface area contributed by atoms with E-state index in [-0.39, 0.29) is 22.6 Å². The largest absolute Gasteiger partial charge is 0.460 e. The van der Waals surface area contributed by atoms with Crippen molar-refractivity contribution in [3.05, 3.63) is 71.2 Å². The van der Waals surface area contributed by atoms with Crippen LogP contribution in [0, 0.1) is 12.8 Å². The van der Waals surface area contributed by atoms with E-state index >= 15 is 0 Å². The van der Waals surface area contributed by atoms with Crippen LogP contribution in [0.1, 0.15) is 88.7 Å². The standard InChI is InChI=1S/C35H41F2N5O4S/c1-6-23-18-28(26-16-15-25(39-21(26)2)20-47(44,45)30-10-8-7-9-27(30)33(36)37)41-29-19-38-34(42-32(23)29)40-24-13-11-22(12-14-24)17-31(43)46-35(3,4)5/h7-10,15-16,18-19,22,24,33H,6,11-14,17,20H2,1-5H3,(H,38,40,42). The van der Waals surface area contributed by atoms with E-state index in [1.807, 2.05) is 33.8 Å². The van der Waals surface area contributed by atoms with Crippen LogP contribution >= 0.6 is 0 Å². The summed E-state index contributed by atoms with van der Waals surface area (Å²) in [5.74, 6) is 0.204. The maximum Gasteiger partial charge on any atom is 0.306 e. The predicted molar refractivity (Wildman–Crippen MR) is 177 cm³/mol. The summed E-state index contributed by atoms with van der Waals surface area (Å²) in [6.07, 6.45) is 3.61. The Balaban J connectivity index is 1.29. The van der Waals surface area contributed by atoms with Crippen LogP contribution < -0.4 is 5.32 Å². The molecule has 1 saturated carbocycles. The highest BCUT2D eigenvalue weighted by Crippen LogP contribution is 2.32. The number of rotatable bonds is 10. The second-order valence-corrected chi connectivity index (χ2v) is 15.1. The fourth-order valence-electron chi connectivity index (χ4n) is 6.06. The molecule has 5 rings (SSSR count). The van der Waals surface area contributed by atoms with Crippen LogP contribution in [0.5, 0.6) is 0 Å². The highest BCUT2D eigenvalue weighted by Gasteiger charge is 2.27. The Labute approximate surface area is 274 Å². The second-order valence-electron chi connectivity index (χ2n) is 13.1. The number of ether oxygens (including phenoxy) is 1. The first kappa shape index (κ1) is 34.3. The lowest BCUT2D eigenvalue weighted by Gasteiger charge is -2.29. The van der Waals surface area contributed by atoms with Gasteiger partial charge in [-0.3, -0.25) is 9.78 Å². The molecule has 0 unspecified atom stereocenters. The van der Waals surface area contributed by atoms with Crippen molar-refractivity contribution in [3.8, 4) is 11.3 Å². The molecule has 12 heteroatoms. The van der Waals surface area contributed by atoms with Gasteiger partial charge in [0.25, 0.3) is 6.43 Å². The summed E-state index contributed by atoms with van der Waals surface area (Å²) in [7, 11) is -4.05. The molecule has 0 spiro atoms. The number of carbonyl (C=O) groups excluding carboxylic acids is 1. The molecule has 47 heavy (non-hydrogen) atoms. The molecule has 3 aromatic heterocycles. The second kappa shape index (κ2) is 14.0. The maximum atomic E-state index is 13.5. The number of sulfone groups is 1. The van der Waals surface area contributed by atoms with E-state index in [1.165, 1.54) is 18.2 Å². The van der Waals surface area contributed by atoms with Crippen molar-refractivity contribution in [2.75, 3.05) is 5.32 Å². The predicted octanol–water partition coefficient (Wildman–Crippen LogP) is 7.57. The molecule has 0 saturated heterocycles. The van der Waals surface area contributed by atoms with Gasteiger partial charge in [0.2, 0.25) is 5.95 Å². The number of aromatic nitrogens is 4. The number of anilines is 1. The SMILES string of the molecule is CCc1cc(-c2ccc(CS(=O)(=O)c3ccccc3C(F)F)nc2C)nc2cnc(NC3CCC(CC(=O)OC(C)(C)C)CC3)nc12. The number of pyridine rings is 2. The normalized spacial score (nSPS) is 17.2. The number of nitrogens with zero attached hydrogens (tertiary/aromatic N) is 4. The van der Waals surface area contributed by atoms with Crippen molar-refractivity contribution < 1.29 is 26.7 Å². The van der Waals surface area contributed by atoms with E-state index < -0.39 is 33.2 Å². The van der Waals surface area contributed by atoms with Gasteiger partial charge in [0.05, 0.1) is 33.7 Å². The molecule has 0 amide bonds. The van der Waals surface area contributed by atoms with Gasteiger partial charge in [-0.25, -0.2) is 32.2 Å². The highest BCUT2D eigenvalue weighted by molar-refractivity contribution is 7.90. The molecule has 1 fully saturated rings. The number of nitrogens with one attached hydrogen (secondary N) is 1. The van der Waals surface area contributed by atoms with Gasteiger partial charge in [-0.15, -0.1) is 0 Å². The van der Waals surface area contributed by atoms with Gasteiger partial charge in [-0.2, -0.15) is 0 Å². The van der Waals surface area contributed by atoms with Crippen LogP contribution in [0.2, 0.25) is 0 Å². The monoisotopic (exact) mass is 665 g/mol. The molecule has 0 aliphatic heterocycles. The van der Waals surface area contributed by atoms with Crippen LogP contribution in [-0.2, 0) is 31.5 Å². The summed E-state index contributed by atoms with van der Waals surface area (Å²) < 4.78 is 58.5. The number of halogens is 2. The van der Waals surface area contributed by atoms with Gasteiger partial charge >= 0.3 is 5.97 Å². The summed E-state index contributed by atoms with van der Waals surface area (Å²) in [6, 6.07) is 10.7. The molecule has 1 aliphatic rings. The number of hydrogen-bond donors (Lipinski definition) is 1. The van der Waals surface area contributed by atoms with E-state index in [4.69, 9.17) is 14.7 Å². The molecule has 1 aliphatic carbocycles. The number of hydrogen-bond acceptors (Lipinski definition) is 9. The van der Waals surface area contributed by atoms with Gasteiger partial charge < -0.3 is 10.1 Å². The fourth-order valence-corrected chi connectivity index (χ4v) is 7.57. The summed E-state index contributed by atoms with van der Waals surface area (Å²) in [5.41, 5.74) is 3.56. The number of benzene rings is 1. The lowest BCUT2D eigenvalue weighted by molar-refractivity contribution is -0.156. The van der Waals surface area contributed by atoms with Crippen molar-refractivity contribution in [1.82, 2.24) is 19.9 Å². The molecule has 9 nitrogen and oxygen atoms in total. The van der Waals surface area contributed by atoms with Gasteiger partial charge in [-0.1, -0.05) is 25.1 Å². The smallest absolute Gasteiger partial charge is 0.306 e. The van der Waals surface area contributed by atoms with Crippen molar-refractivity contribution in [1.29, 1.82) is 0 Å². The average molecular weight is 666 g/mol. The van der Waals surface area contributed by atoms with Crippen molar-refractivity contribution in [2.45, 2.75) is 102 Å². The van der Waals surface area contributed by atoms with E-state index in [0.29, 0.717) is 41.6 Å². The summed E-state index contributed by atoms with van der Waals surface area (Å²) >= 11 is 0. The number of aryl methyl sites for hydroxylation is 2. The first-order chi connectivity index (χ1) is 22.2. The van der Waals surface area contributed by atoms with Crippen LogP contribution in [-0.4, -0.2) is 46.0 Å². The Morgan fingerprint density at radius 3 is 2.43 bits per heavy atom. The Morgan fingerprint density at radius 1 is 1.04 bits per heavy atom. The minimum atomic E-state index is -4.05. The topological polar surface area (TPSA) is 124 Å². The quantitative estimate of drug-likeness (QED) is 0.171. The maximum absolute atomic E-state index is 13.5. The molecule has 3 heterocycles. The van der Waals surface area contributed by atoms with E-state index in [9.17, 15) is 22.0 Å². The summed E-state index contributed by atoms with van der Waals surface area (Å²) in [6.45, 7) is 9.45. The first-order valence-corrected chi connectivity index (χ1v) is 17.6. The van der Waals surface area contributed by atoms with Crippen LogP contribution in [0.25, 0.3) is 22.3 Å². The number of alkyl halides is 2. The molecule has 1 aromatic carbocycles. The summed E-state index contributed by atoms with van der Waals surface area (Å²) in [4.78, 5) is 30.5. The lowest BCUT2D eigenvalue weighted by atomic mass is 9.84. The van der Waals surface area contributed by atoms with E-state index in [2.05, 4.69) is 15.3 Å². The third-order valence-electron chi connectivity index (χ3n) is 8.31. The van der Waals surface area contributed by atoms with Crippen molar-refractivity contribution in [2.24, 2.45) is 5.92 Å². The molecule has 0 atom stereocenters. The number of esters is 1. The van der Waals surface area contributed by atoms with Gasteiger partial charge in [-0.05, 0) is 95.5 Å². The zero-order valence-electron chi connectivity index (χ0n) is 27.4. The van der Waals surface area contributed by atoms with Gasteiger partial charge in [0, 0.05) is 29.3 Å². The Kier molecular flexibility index (Phi) is 10.2. The molecule has 250 valence electrons. The Hall–Kier alpha value is -4.06. The van der Waals surface area contributed by atoms with Gasteiger partial charge in [0.15, 0.2) is 9.84 Å². The summed E-state index contributed by atoms with van der Waals surface area (Å²) in [5, 5.41) is 3.47. The van der Waals surface area contributed by atoms with Crippen LogP contribution in [0.3, 0.4) is 0 Å². The lowest BCUT2D eigenvalue weighted by Crippen LogP contribution is -2.30. The van der Waals surface area contributed by atoms with E-state index in [1.54, 1.807) is 25.3 Å². The van der Waals surface area contributed by atoms with Crippen molar-refractivity contribution in [3.63, 3.8) is 0 Å². The highest BCUT2D eigenvalue weighted by atomic mass is 32.2. The molecular weight excluding hydrogens is 624 g/mol. The van der Waals surface area contributed by atoms with Crippen molar-refractivity contribution >= 4 is 32.8 Å². The first-order valence-electron chi connectivity index (χ1n) is 15.9. The minimum Gasteiger partial charge on any atom is -0.460 e. The van der Waals surface area contributed by atoms with Crippen LogP contribution in [0.15, 0.2) is 53.6 Å². The molecule has 1 N–H and O–H groups in total. The Morgan fingerprint density at radius 2 is 1.77 bits per heavy atom. The molecular formula is C35H41F2N5O4S. The zero-order valence-corrected chi connectivity index (χ0v) is 28.2. The third-order valence-corrected chi connectivity index (χ3v) is 10.0. The van der Waals surface area contributed by atoms with Crippen LogP contribution in [0.4, 0.5) is 14.7 Å².